The molecular formula is C6H4N4O3. The van der Waals surface area contributed by atoms with Gasteiger partial charge in [-0.15, -0.1) is 14.8 Å². The molecule has 13 heavy (non-hydrogen) atoms. The van der Waals surface area contributed by atoms with Gasteiger partial charge in [0.2, 0.25) is 0 Å². The van der Waals surface area contributed by atoms with E-state index >= 15 is 0 Å². The third-order valence-electron chi connectivity index (χ3n) is 1.51. The van der Waals surface area contributed by atoms with Crippen LogP contribution in [0.15, 0.2) is 17.2 Å². The zero-order chi connectivity index (χ0) is 9.42. The quantitative estimate of drug-likeness (QED) is 0.593. The van der Waals surface area contributed by atoms with E-state index in [4.69, 9.17) is 5.11 Å². The Kier molecular flexibility index (Phi) is 1.38. The summed E-state index contributed by atoms with van der Waals surface area (Å²) in [5, 5.41) is 15.8. The van der Waals surface area contributed by atoms with Gasteiger partial charge in [0.1, 0.15) is 6.33 Å². The van der Waals surface area contributed by atoms with Crippen molar-refractivity contribution in [3.8, 4) is 0 Å². The van der Waals surface area contributed by atoms with E-state index in [9.17, 15) is 9.59 Å². The summed E-state index contributed by atoms with van der Waals surface area (Å²) in [6.45, 7) is 0. The average molecular weight is 180 g/mol. The van der Waals surface area contributed by atoms with Crippen molar-refractivity contribution in [1.29, 1.82) is 0 Å². The summed E-state index contributed by atoms with van der Waals surface area (Å²) in [7, 11) is 0. The van der Waals surface area contributed by atoms with Crippen molar-refractivity contribution in [3.63, 3.8) is 0 Å². The van der Waals surface area contributed by atoms with Crippen molar-refractivity contribution < 1.29 is 9.90 Å². The molecule has 2 N–H and O–H groups in total. The van der Waals surface area contributed by atoms with Gasteiger partial charge in [0.25, 0.3) is 5.56 Å². The maximum Gasteiger partial charge on any atom is 0.356 e. The lowest BCUT2D eigenvalue weighted by molar-refractivity contribution is 0.0690. The molecule has 0 saturated carbocycles. The number of aromatic amines is 1. The summed E-state index contributed by atoms with van der Waals surface area (Å²) >= 11 is 0. The van der Waals surface area contributed by atoms with Crippen LogP contribution in [0, 0.1) is 0 Å². The lowest BCUT2D eigenvalue weighted by atomic mass is 10.4. The molecule has 0 fully saturated rings. The van der Waals surface area contributed by atoms with Crippen LogP contribution in [0.1, 0.15) is 10.5 Å². The molecule has 0 aliphatic carbocycles. The number of aromatic nitrogens is 4. The Bertz CT molecular complexity index is 526. The fraction of sp³-hybridized carbons (Fsp3) is 0. The van der Waals surface area contributed by atoms with E-state index in [1.54, 1.807) is 0 Å². The second kappa shape index (κ2) is 2.41. The number of H-pyrrole nitrogens is 1. The molecular weight excluding hydrogens is 176 g/mol. The smallest absolute Gasteiger partial charge is 0.356 e. The standard InChI is InChI=1S/C6H4N4O3/c11-5-4-1-3(6(12)13)9-10(4)8-2-7-5/h1-2H,(H,12,13)(H,7,8,11). The van der Waals surface area contributed by atoms with Gasteiger partial charge in [-0.05, 0) is 0 Å². The molecule has 0 aliphatic heterocycles. The van der Waals surface area contributed by atoms with E-state index in [1.807, 2.05) is 0 Å². The molecule has 0 saturated heterocycles. The third-order valence-corrected chi connectivity index (χ3v) is 1.51. The van der Waals surface area contributed by atoms with Gasteiger partial charge in [-0.1, -0.05) is 0 Å². The average Bonchev–Trinajstić information content (AvgIpc) is 2.49. The van der Waals surface area contributed by atoms with Gasteiger partial charge in [0, 0.05) is 6.07 Å². The van der Waals surface area contributed by atoms with Crippen LogP contribution in [0.25, 0.3) is 5.52 Å². The lowest BCUT2D eigenvalue weighted by Crippen LogP contribution is -2.10. The molecule has 2 aromatic heterocycles. The molecule has 2 rings (SSSR count). The number of fused-ring (bicyclic) bond motifs is 1. The molecule has 0 spiro atoms. The molecule has 7 heteroatoms. The second-order valence-corrected chi connectivity index (χ2v) is 2.33. The third kappa shape index (κ3) is 1.06. The van der Waals surface area contributed by atoms with E-state index in [2.05, 4.69) is 15.2 Å². The van der Waals surface area contributed by atoms with Gasteiger partial charge < -0.3 is 10.1 Å². The number of hydrogen-bond donors (Lipinski definition) is 2. The molecule has 0 radical (unpaired) electrons. The summed E-state index contributed by atoms with van der Waals surface area (Å²) in [5.74, 6) is -1.19. The van der Waals surface area contributed by atoms with Crippen molar-refractivity contribution in [2.24, 2.45) is 0 Å². The lowest BCUT2D eigenvalue weighted by Gasteiger charge is -1.85. The van der Waals surface area contributed by atoms with Crippen molar-refractivity contribution in [3.05, 3.63) is 28.4 Å². The van der Waals surface area contributed by atoms with E-state index in [1.165, 1.54) is 0 Å². The van der Waals surface area contributed by atoms with Crippen LogP contribution in [0.2, 0.25) is 0 Å². The highest BCUT2D eigenvalue weighted by Crippen LogP contribution is 1.98. The summed E-state index contributed by atoms with van der Waals surface area (Å²) in [6, 6.07) is 1.16. The first-order valence-electron chi connectivity index (χ1n) is 3.35. The van der Waals surface area contributed by atoms with Gasteiger partial charge >= 0.3 is 5.97 Å². The molecule has 66 valence electrons. The van der Waals surface area contributed by atoms with Gasteiger partial charge in [-0.3, -0.25) is 4.79 Å². The number of nitrogens with one attached hydrogen (secondary N) is 1. The van der Waals surface area contributed by atoms with E-state index in [0.717, 1.165) is 17.0 Å². The zero-order valence-corrected chi connectivity index (χ0v) is 6.26. The minimum atomic E-state index is -1.19. The highest BCUT2D eigenvalue weighted by molar-refractivity contribution is 5.86. The van der Waals surface area contributed by atoms with Crippen LogP contribution >= 0.6 is 0 Å². The predicted molar refractivity (Wildman–Crippen MR) is 40.6 cm³/mol. The Morgan fingerprint density at radius 1 is 1.62 bits per heavy atom. The maximum absolute atomic E-state index is 11.1. The van der Waals surface area contributed by atoms with Crippen LogP contribution in [0.4, 0.5) is 0 Å². The largest absolute Gasteiger partial charge is 0.476 e. The van der Waals surface area contributed by atoms with Crippen molar-refractivity contribution in [2.45, 2.75) is 0 Å². The maximum atomic E-state index is 11.1. The Labute approximate surface area is 70.6 Å². The fourth-order valence-corrected chi connectivity index (χ4v) is 0.937. The number of rotatable bonds is 1. The number of aromatic carboxylic acids is 1. The number of carbonyl (C=O) groups is 1. The minimum absolute atomic E-state index is 0.111. The van der Waals surface area contributed by atoms with E-state index in [-0.39, 0.29) is 11.2 Å². The first-order valence-corrected chi connectivity index (χ1v) is 3.35. The molecule has 0 unspecified atom stereocenters. The Morgan fingerprint density at radius 2 is 2.38 bits per heavy atom. The predicted octanol–water partition coefficient (Wildman–Crippen LogP) is -0.884. The van der Waals surface area contributed by atoms with Crippen molar-refractivity contribution in [2.75, 3.05) is 0 Å². The summed E-state index contributed by atoms with van der Waals surface area (Å²) < 4.78 is 0.974. The highest BCUT2D eigenvalue weighted by atomic mass is 16.4. The Morgan fingerprint density at radius 3 is 3.00 bits per heavy atom. The van der Waals surface area contributed by atoms with E-state index in [0.29, 0.717) is 0 Å². The van der Waals surface area contributed by atoms with Crippen LogP contribution in [-0.2, 0) is 0 Å². The highest BCUT2D eigenvalue weighted by Gasteiger charge is 2.10. The van der Waals surface area contributed by atoms with E-state index < -0.39 is 11.5 Å². The monoisotopic (exact) mass is 180 g/mol. The fourth-order valence-electron chi connectivity index (χ4n) is 0.937. The number of hydrogen-bond acceptors (Lipinski definition) is 4. The number of nitrogens with zero attached hydrogens (tertiary/aromatic N) is 3. The number of carboxylic acid groups (broad SMARTS) is 1. The molecule has 0 atom stereocenters. The van der Waals surface area contributed by atoms with Gasteiger partial charge in [-0.2, -0.15) is 0 Å². The van der Waals surface area contributed by atoms with Crippen molar-refractivity contribution in [1.82, 2.24) is 19.8 Å². The SMILES string of the molecule is O=C(O)c1cc2c(=O)[nH]cnn2n1. The van der Waals surface area contributed by atoms with Gasteiger partial charge in [0.15, 0.2) is 11.2 Å². The van der Waals surface area contributed by atoms with Crippen LogP contribution < -0.4 is 5.56 Å². The first kappa shape index (κ1) is 7.47. The Hall–Kier alpha value is -2.18. The van der Waals surface area contributed by atoms with Crippen LogP contribution in [0.3, 0.4) is 0 Å². The molecule has 2 heterocycles. The molecule has 0 aliphatic rings. The van der Waals surface area contributed by atoms with Gasteiger partial charge in [-0.25, -0.2) is 4.79 Å². The topological polar surface area (TPSA) is 100 Å². The van der Waals surface area contributed by atoms with Crippen LogP contribution in [-0.4, -0.2) is 30.9 Å². The first-order chi connectivity index (χ1) is 6.18. The molecule has 2 aromatic rings. The Balaban J connectivity index is 2.83. The molecule has 7 nitrogen and oxygen atoms in total. The summed E-state index contributed by atoms with van der Waals surface area (Å²) in [6.07, 6.45) is 1.15. The second-order valence-electron chi connectivity index (χ2n) is 2.33. The normalized spacial score (nSPS) is 10.5. The molecule has 0 aromatic carbocycles. The molecule has 0 bridgehead atoms. The summed E-state index contributed by atoms with van der Waals surface area (Å²) in [5.41, 5.74) is -0.515. The van der Waals surface area contributed by atoms with Crippen LogP contribution in [0.5, 0.6) is 0 Å². The zero-order valence-electron chi connectivity index (χ0n) is 6.26. The van der Waals surface area contributed by atoms with Gasteiger partial charge in [0.05, 0.1) is 0 Å². The molecule has 0 amide bonds. The minimum Gasteiger partial charge on any atom is -0.476 e. The summed E-state index contributed by atoms with van der Waals surface area (Å²) in [4.78, 5) is 23.8. The van der Waals surface area contributed by atoms with Crippen molar-refractivity contribution >= 4 is 11.5 Å². The number of carboxylic acids is 1.